The van der Waals surface area contributed by atoms with Gasteiger partial charge in [0, 0.05) is 29.1 Å². The van der Waals surface area contributed by atoms with Crippen LogP contribution in [0.15, 0.2) is 54.7 Å². The summed E-state index contributed by atoms with van der Waals surface area (Å²) in [6, 6.07) is 11.6. The molecule has 0 aliphatic heterocycles. The van der Waals surface area contributed by atoms with Crippen molar-refractivity contribution in [2.45, 2.75) is 12.5 Å². The van der Waals surface area contributed by atoms with E-state index in [1.807, 2.05) is 24.3 Å². The zero-order valence-electron chi connectivity index (χ0n) is 14.6. The predicted octanol–water partition coefficient (Wildman–Crippen LogP) is 2.99. The lowest BCUT2D eigenvalue weighted by Crippen LogP contribution is -2.41. The second-order valence-electron chi connectivity index (χ2n) is 6.10. The number of carbonyl (C=O) groups excluding carboxylic acids is 2. The number of rotatable bonds is 7. The third-order valence-electron chi connectivity index (χ3n) is 4.13. The van der Waals surface area contributed by atoms with Crippen LogP contribution in [0.4, 0.5) is 4.39 Å². The van der Waals surface area contributed by atoms with E-state index >= 15 is 0 Å². The van der Waals surface area contributed by atoms with Crippen LogP contribution in [0.25, 0.3) is 10.9 Å². The van der Waals surface area contributed by atoms with Crippen LogP contribution in [-0.4, -0.2) is 38.9 Å². The molecule has 28 heavy (non-hydrogen) atoms. The average molecular weight is 400 g/mol. The maximum absolute atomic E-state index is 13.1. The maximum atomic E-state index is 13.1. The topological polar surface area (TPSA) is 99.3 Å². The van der Waals surface area contributed by atoms with Crippen LogP contribution in [0, 0.1) is 5.82 Å². The summed E-state index contributed by atoms with van der Waals surface area (Å²) in [5.74, 6) is -2.52. The normalized spacial score (nSPS) is 11.9. The zero-order chi connectivity index (χ0) is 20.1. The first kappa shape index (κ1) is 19.6. The van der Waals surface area contributed by atoms with E-state index in [-0.39, 0.29) is 12.0 Å². The number of carbonyl (C=O) groups is 3. The second kappa shape index (κ2) is 8.71. The van der Waals surface area contributed by atoms with Crippen molar-refractivity contribution in [3.05, 3.63) is 71.7 Å². The van der Waals surface area contributed by atoms with Gasteiger partial charge < -0.3 is 15.4 Å². The van der Waals surface area contributed by atoms with Crippen LogP contribution < -0.4 is 5.32 Å². The first-order chi connectivity index (χ1) is 13.4. The summed E-state index contributed by atoms with van der Waals surface area (Å²) >= 11 is 0.636. The van der Waals surface area contributed by atoms with E-state index in [0.29, 0.717) is 11.8 Å². The number of aliphatic carboxylic acids is 1. The van der Waals surface area contributed by atoms with E-state index < -0.39 is 34.6 Å². The number of carboxylic acids is 1. The maximum Gasteiger partial charge on any atom is 0.313 e. The fraction of sp³-hybridized carbons (Fsp3) is 0.150. The lowest BCUT2D eigenvalue weighted by Gasteiger charge is -2.17. The zero-order valence-corrected chi connectivity index (χ0v) is 15.5. The molecule has 3 rings (SSSR count). The molecule has 1 heterocycles. The number of fused-ring (bicyclic) bond motifs is 1. The fourth-order valence-electron chi connectivity index (χ4n) is 2.79. The molecule has 1 aromatic heterocycles. The fourth-order valence-corrected chi connectivity index (χ4v) is 3.40. The summed E-state index contributed by atoms with van der Waals surface area (Å²) in [5.41, 5.74) is 1.93. The van der Waals surface area contributed by atoms with E-state index in [2.05, 4.69) is 10.3 Å². The third-order valence-corrected chi connectivity index (χ3v) is 5.09. The predicted molar refractivity (Wildman–Crippen MR) is 105 cm³/mol. The van der Waals surface area contributed by atoms with Gasteiger partial charge in [-0.05, 0) is 35.9 Å². The Morgan fingerprint density at radius 1 is 1.11 bits per heavy atom. The summed E-state index contributed by atoms with van der Waals surface area (Å²) in [5, 5.41) is 11.9. The van der Waals surface area contributed by atoms with Gasteiger partial charge in [0.15, 0.2) is 0 Å². The minimum absolute atomic E-state index is 0.197. The minimum Gasteiger partial charge on any atom is -0.481 e. The molecule has 2 aromatic carbocycles. The smallest absolute Gasteiger partial charge is 0.313 e. The summed E-state index contributed by atoms with van der Waals surface area (Å²) in [7, 11) is 0. The highest BCUT2D eigenvalue weighted by Crippen LogP contribution is 2.21. The van der Waals surface area contributed by atoms with Gasteiger partial charge in [0.25, 0.3) is 5.91 Å². The lowest BCUT2D eigenvalue weighted by atomic mass is 10.1. The SMILES string of the molecule is O=C(O)CSC(=O)[C@H](Cc1c[nH]c2ccccc12)NC(=O)c1ccc(F)cc1. The Hall–Kier alpha value is -3.13. The monoisotopic (exact) mass is 400 g/mol. The number of hydrogen-bond donors (Lipinski definition) is 3. The molecular weight excluding hydrogens is 383 g/mol. The van der Waals surface area contributed by atoms with Gasteiger partial charge in [-0.25, -0.2) is 4.39 Å². The van der Waals surface area contributed by atoms with Crippen LogP contribution in [0.1, 0.15) is 15.9 Å². The van der Waals surface area contributed by atoms with Gasteiger partial charge in [-0.15, -0.1) is 0 Å². The standard InChI is InChI=1S/C20H17FN2O4S/c21-14-7-5-12(6-8-14)19(26)23-17(20(27)28-11-18(24)25)9-13-10-22-16-4-2-1-3-15(13)16/h1-8,10,17,22H,9,11H2,(H,23,26)(H,24,25)/t17-/m0/s1. The number of benzene rings is 2. The Balaban J connectivity index is 1.81. The summed E-state index contributed by atoms with van der Waals surface area (Å²) in [4.78, 5) is 38.9. The van der Waals surface area contributed by atoms with Gasteiger partial charge in [-0.1, -0.05) is 30.0 Å². The molecule has 0 aliphatic carbocycles. The average Bonchev–Trinajstić information content (AvgIpc) is 3.09. The number of H-pyrrole nitrogens is 1. The van der Waals surface area contributed by atoms with Crippen LogP contribution in [-0.2, 0) is 16.0 Å². The highest BCUT2D eigenvalue weighted by atomic mass is 32.2. The van der Waals surface area contributed by atoms with Gasteiger partial charge in [0.1, 0.15) is 11.9 Å². The lowest BCUT2D eigenvalue weighted by molar-refractivity contribution is -0.134. The van der Waals surface area contributed by atoms with E-state index in [4.69, 9.17) is 5.11 Å². The molecule has 0 fully saturated rings. The molecular formula is C20H17FN2O4S. The molecule has 6 nitrogen and oxygen atoms in total. The number of halogens is 1. The summed E-state index contributed by atoms with van der Waals surface area (Å²) < 4.78 is 13.1. The molecule has 144 valence electrons. The van der Waals surface area contributed by atoms with Crippen LogP contribution in [0.5, 0.6) is 0 Å². The van der Waals surface area contributed by atoms with Crippen molar-refractivity contribution in [1.29, 1.82) is 0 Å². The van der Waals surface area contributed by atoms with Gasteiger partial charge in [-0.3, -0.25) is 14.4 Å². The largest absolute Gasteiger partial charge is 0.481 e. The summed E-state index contributed by atoms with van der Waals surface area (Å²) in [6.45, 7) is 0. The number of amides is 1. The van der Waals surface area contributed by atoms with E-state index in [1.54, 1.807) is 6.20 Å². The van der Waals surface area contributed by atoms with E-state index in [0.717, 1.165) is 28.6 Å². The number of carboxylic acid groups (broad SMARTS) is 1. The Bertz CT molecular complexity index is 1020. The van der Waals surface area contributed by atoms with Gasteiger partial charge >= 0.3 is 5.97 Å². The third kappa shape index (κ3) is 4.77. The van der Waals surface area contributed by atoms with Crippen molar-refractivity contribution in [2.75, 3.05) is 5.75 Å². The number of hydrogen-bond acceptors (Lipinski definition) is 4. The quantitative estimate of drug-likeness (QED) is 0.566. The highest BCUT2D eigenvalue weighted by Gasteiger charge is 2.24. The van der Waals surface area contributed by atoms with Crippen molar-refractivity contribution in [2.24, 2.45) is 0 Å². The van der Waals surface area contributed by atoms with Crippen molar-refractivity contribution < 1.29 is 23.9 Å². The Labute approximate surface area is 164 Å². The molecule has 0 radical (unpaired) electrons. The molecule has 1 amide bonds. The van der Waals surface area contributed by atoms with Crippen molar-refractivity contribution in [1.82, 2.24) is 10.3 Å². The second-order valence-corrected chi connectivity index (χ2v) is 7.08. The number of para-hydroxylation sites is 1. The van der Waals surface area contributed by atoms with Crippen LogP contribution in [0.3, 0.4) is 0 Å². The molecule has 0 saturated heterocycles. The number of aromatic nitrogens is 1. The molecule has 8 heteroatoms. The molecule has 1 atom stereocenters. The number of thioether (sulfide) groups is 1. The van der Waals surface area contributed by atoms with Gasteiger partial charge in [0.05, 0.1) is 5.75 Å². The van der Waals surface area contributed by atoms with E-state index in [1.165, 1.54) is 12.1 Å². The molecule has 3 N–H and O–H groups in total. The first-order valence-corrected chi connectivity index (χ1v) is 9.42. The van der Waals surface area contributed by atoms with Crippen molar-refractivity contribution in [3.63, 3.8) is 0 Å². The van der Waals surface area contributed by atoms with Crippen molar-refractivity contribution in [3.8, 4) is 0 Å². The van der Waals surface area contributed by atoms with Gasteiger partial charge in [0.2, 0.25) is 5.12 Å². The molecule has 0 bridgehead atoms. The Morgan fingerprint density at radius 3 is 2.54 bits per heavy atom. The van der Waals surface area contributed by atoms with Crippen LogP contribution >= 0.6 is 11.8 Å². The first-order valence-electron chi connectivity index (χ1n) is 8.44. The van der Waals surface area contributed by atoms with Crippen LogP contribution in [0.2, 0.25) is 0 Å². The minimum atomic E-state index is -1.12. The molecule has 0 aliphatic rings. The Morgan fingerprint density at radius 2 is 1.82 bits per heavy atom. The van der Waals surface area contributed by atoms with E-state index in [9.17, 15) is 18.8 Å². The summed E-state index contributed by atoms with van der Waals surface area (Å²) in [6.07, 6.45) is 1.96. The number of nitrogens with one attached hydrogen (secondary N) is 2. The highest BCUT2D eigenvalue weighted by molar-refractivity contribution is 8.14. The molecule has 0 saturated carbocycles. The van der Waals surface area contributed by atoms with Crippen molar-refractivity contribution >= 4 is 39.7 Å². The Kier molecular flexibility index (Phi) is 6.10. The number of aromatic amines is 1. The molecule has 0 spiro atoms. The molecule has 3 aromatic rings. The molecule has 0 unspecified atom stereocenters. The van der Waals surface area contributed by atoms with Gasteiger partial charge in [-0.2, -0.15) is 0 Å².